The van der Waals surface area contributed by atoms with Crippen LogP contribution in [0.2, 0.25) is 0 Å². The highest BCUT2D eigenvalue weighted by Crippen LogP contribution is 2.41. The van der Waals surface area contributed by atoms with Crippen LogP contribution in [0.25, 0.3) is 10.4 Å². The summed E-state index contributed by atoms with van der Waals surface area (Å²) in [6.07, 6.45) is -8.16. The van der Waals surface area contributed by atoms with Crippen LogP contribution in [-0.2, 0) is 23.4 Å². The van der Waals surface area contributed by atoms with Gasteiger partial charge in [0.25, 0.3) is 0 Å². The van der Waals surface area contributed by atoms with Crippen LogP contribution >= 0.6 is 7.82 Å². The molecule has 2 unspecified atom stereocenters. The third-order valence-electron chi connectivity index (χ3n) is 2.51. The lowest BCUT2D eigenvalue weighted by Crippen LogP contribution is -2.60. The largest absolute Gasteiger partial charge is 0.472 e. The van der Waals surface area contributed by atoms with Crippen molar-refractivity contribution < 1.29 is 43.4 Å². The Labute approximate surface area is 118 Å². The number of rotatable bonds is 5. The maximum Gasteiger partial charge on any atom is 0.472 e. The number of azide groups is 1. The van der Waals surface area contributed by atoms with Crippen molar-refractivity contribution in [3.05, 3.63) is 10.4 Å². The Morgan fingerprint density at radius 1 is 1.43 bits per heavy atom. The molecule has 0 aromatic rings. The number of carbonyl (C=O) groups is 1. The van der Waals surface area contributed by atoms with Gasteiger partial charge in [-0.15, -0.1) is 0 Å². The average Bonchev–Trinajstić information content (AvgIpc) is 2.34. The summed E-state index contributed by atoms with van der Waals surface area (Å²) in [6, 6.07) is 0. The summed E-state index contributed by atoms with van der Waals surface area (Å²) >= 11 is 0. The number of hydrogen-bond donors (Lipinski definition) is 4. The van der Waals surface area contributed by atoms with E-state index in [9.17, 15) is 19.6 Å². The molecule has 0 aromatic carbocycles. The van der Waals surface area contributed by atoms with Gasteiger partial charge in [0.15, 0.2) is 6.10 Å². The summed E-state index contributed by atoms with van der Waals surface area (Å²) in [7, 11) is -5.03. The molecular weight excluding hydrogens is 313 g/mol. The first-order chi connectivity index (χ1) is 9.65. The number of carbonyl (C=O) groups excluding carboxylic acids is 1. The molecule has 0 amide bonds. The number of phosphoric acid groups is 1. The molecule has 12 nitrogen and oxygen atoms in total. The minimum Gasteiger partial charge on any atom is -0.454 e. The molecule has 0 spiro atoms. The lowest BCUT2D eigenvalue weighted by Gasteiger charge is -2.41. The van der Waals surface area contributed by atoms with E-state index in [0.29, 0.717) is 0 Å². The Bertz CT molecular complexity index is 476. The van der Waals surface area contributed by atoms with Gasteiger partial charge in [-0.3, -0.25) is 9.32 Å². The number of hydrogen-bond acceptors (Lipinski definition) is 8. The van der Waals surface area contributed by atoms with E-state index in [1.54, 1.807) is 0 Å². The molecule has 1 heterocycles. The van der Waals surface area contributed by atoms with E-state index < -0.39 is 51.0 Å². The van der Waals surface area contributed by atoms with Gasteiger partial charge in [-0.25, -0.2) is 4.57 Å². The molecule has 21 heavy (non-hydrogen) atoms. The van der Waals surface area contributed by atoms with Crippen molar-refractivity contribution in [2.24, 2.45) is 5.11 Å². The van der Waals surface area contributed by atoms with Gasteiger partial charge in [-0.2, -0.15) is 0 Å². The van der Waals surface area contributed by atoms with Crippen LogP contribution < -0.4 is 0 Å². The quantitative estimate of drug-likeness (QED) is 0.157. The summed E-state index contributed by atoms with van der Waals surface area (Å²) in [5, 5.41) is 22.7. The van der Waals surface area contributed by atoms with Gasteiger partial charge in [0, 0.05) is 11.8 Å². The smallest absolute Gasteiger partial charge is 0.454 e. The molecule has 5 atom stereocenters. The van der Waals surface area contributed by atoms with Gasteiger partial charge in [0.1, 0.15) is 12.2 Å². The Balaban J connectivity index is 2.97. The first-order valence-corrected chi connectivity index (χ1v) is 7.12. The zero-order valence-corrected chi connectivity index (χ0v) is 11.6. The fourth-order valence-electron chi connectivity index (χ4n) is 1.71. The van der Waals surface area contributed by atoms with E-state index >= 15 is 0 Å². The van der Waals surface area contributed by atoms with Crippen LogP contribution in [0.15, 0.2) is 5.11 Å². The van der Waals surface area contributed by atoms with Crippen LogP contribution in [0, 0.1) is 0 Å². The summed E-state index contributed by atoms with van der Waals surface area (Å²) in [6.45, 7) is 0.558. The second-order valence-electron chi connectivity index (χ2n) is 4.11. The molecule has 0 radical (unpaired) electrons. The molecule has 1 aliphatic heterocycles. The number of ether oxygens (including phenoxy) is 2. The molecular formula is C8H14N3O9P. The van der Waals surface area contributed by atoms with E-state index in [0.717, 1.165) is 6.92 Å². The van der Waals surface area contributed by atoms with Gasteiger partial charge in [-0.1, -0.05) is 5.11 Å². The fourth-order valence-corrected chi connectivity index (χ4v) is 2.15. The van der Waals surface area contributed by atoms with Crippen molar-refractivity contribution in [3.8, 4) is 0 Å². The molecule has 1 rings (SSSR count). The lowest BCUT2D eigenvalue weighted by atomic mass is 9.99. The van der Waals surface area contributed by atoms with Crippen LogP contribution in [-0.4, -0.2) is 63.2 Å². The van der Waals surface area contributed by atoms with Crippen LogP contribution in [0.4, 0.5) is 0 Å². The Morgan fingerprint density at radius 3 is 2.52 bits per heavy atom. The highest BCUT2D eigenvalue weighted by molar-refractivity contribution is 7.46. The van der Waals surface area contributed by atoms with Crippen LogP contribution in [0.3, 0.4) is 0 Å². The van der Waals surface area contributed by atoms with Crippen molar-refractivity contribution >= 4 is 13.8 Å². The zero-order valence-electron chi connectivity index (χ0n) is 10.7. The maximum absolute atomic E-state index is 10.9. The Hall–Kier alpha value is -1.23. The monoisotopic (exact) mass is 327 g/mol. The first-order valence-electron chi connectivity index (χ1n) is 5.59. The third kappa shape index (κ3) is 5.23. The first kappa shape index (κ1) is 17.8. The van der Waals surface area contributed by atoms with E-state index in [2.05, 4.69) is 19.3 Å². The molecule has 1 saturated heterocycles. The zero-order chi connectivity index (χ0) is 16.2. The lowest BCUT2D eigenvalue weighted by molar-refractivity contribution is -0.278. The SMILES string of the molecule is CC(=O)O[C@H]1C(O)[C@H](O)C(CN=[N+]=[N-])O[C@@H]1OP(=O)(O)O. The van der Waals surface area contributed by atoms with E-state index in [1.165, 1.54) is 0 Å². The van der Waals surface area contributed by atoms with Gasteiger partial charge in [0.05, 0.1) is 12.6 Å². The maximum atomic E-state index is 10.9. The van der Waals surface area contributed by atoms with E-state index in [4.69, 9.17) is 20.1 Å². The van der Waals surface area contributed by atoms with Crippen molar-refractivity contribution in [3.63, 3.8) is 0 Å². The number of esters is 1. The Kier molecular flexibility index (Phi) is 6.08. The predicted octanol–water partition coefficient (Wildman–Crippen LogP) is -1.22. The topological polar surface area (TPSA) is 192 Å². The fraction of sp³-hybridized carbons (Fsp3) is 0.875. The van der Waals surface area contributed by atoms with Gasteiger partial charge in [-0.05, 0) is 5.53 Å². The van der Waals surface area contributed by atoms with Crippen molar-refractivity contribution in [2.45, 2.75) is 37.6 Å². The third-order valence-corrected chi connectivity index (χ3v) is 3.00. The second kappa shape index (κ2) is 7.16. The standard InChI is InChI=1S/C8H14N3O9P/c1-3(12)18-7-6(14)5(13)4(2-10-11-9)19-8(7)20-21(15,16)17/h4-8,13-14H,2H2,1H3,(H2,15,16,17)/t4?,5-,6?,7+,8-/m1/s1. The van der Waals surface area contributed by atoms with Gasteiger partial charge in [0.2, 0.25) is 6.29 Å². The molecule has 1 aliphatic rings. The second-order valence-corrected chi connectivity index (χ2v) is 5.30. The molecule has 0 saturated carbocycles. The van der Waals surface area contributed by atoms with Crippen LogP contribution in [0.5, 0.6) is 0 Å². The highest BCUT2D eigenvalue weighted by Gasteiger charge is 2.48. The molecule has 0 aromatic heterocycles. The summed E-state index contributed by atoms with van der Waals surface area (Å²) in [5.74, 6) is -0.886. The number of nitrogens with zero attached hydrogens (tertiary/aromatic N) is 3. The van der Waals surface area contributed by atoms with Crippen LogP contribution in [0.1, 0.15) is 6.92 Å². The normalized spacial score (nSPS) is 33.1. The van der Waals surface area contributed by atoms with E-state index in [1.807, 2.05) is 0 Å². The van der Waals surface area contributed by atoms with Crippen molar-refractivity contribution in [1.82, 2.24) is 0 Å². The molecule has 13 heteroatoms. The van der Waals surface area contributed by atoms with Gasteiger partial charge >= 0.3 is 13.8 Å². The molecule has 1 fully saturated rings. The average molecular weight is 327 g/mol. The van der Waals surface area contributed by atoms with E-state index in [-0.39, 0.29) is 0 Å². The highest BCUT2D eigenvalue weighted by atomic mass is 31.2. The number of aliphatic hydroxyl groups is 2. The number of aliphatic hydroxyl groups excluding tert-OH is 2. The Morgan fingerprint density at radius 2 is 2.05 bits per heavy atom. The molecule has 4 N–H and O–H groups in total. The van der Waals surface area contributed by atoms with Crippen molar-refractivity contribution in [1.29, 1.82) is 0 Å². The minimum atomic E-state index is -5.03. The summed E-state index contributed by atoms with van der Waals surface area (Å²) < 4.78 is 24.8. The summed E-state index contributed by atoms with van der Waals surface area (Å²) in [5.41, 5.74) is 8.21. The molecule has 0 bridgehead atoms. The van der Waals surface area contributed by atoms with Crippen molar-refractivity contribution in [2.75, 3.05) is 6.54 Å². The number of phosphoric ester groups is 1. The predicted molar refractivity (Wildman–Crippen MR) is 63.4 cm³/mol. The molecule has 0 aliphatic carbocycles. The summed E-state index contributed by atoms with van der Waals surface area (Å²) in [4.78, 5) is 30.9. The minimum absolute atomic E-state index is 0.428. The molecule has 120 valence electrons. The van der Waals surface area contributed by atoms with Gasteiger partial charge < -0.3 is 29.5 Å².